The van der Waals surface area contributed by atoms with Gasteiger partial charge in [0.25, 0.3) is 0 Å². The van der Waals surface area contributed by atoms with E-state index in [4.69, 9.17) is 15.6 Å². The van der Waals surface area contributed by atoms with Crippen molar-refractivity contribution < 1.29 is 22.7 Å². The summed E-state index contributed by atoms with van der Waals surface area (Å²) in [6.45, 7) is 0. The molecule has 0 fully saturated rings. The molecule has 0 aromatic heterocycles. The van der Waals surface area contributed by atoms with Crippen LogP contribution < -0.4 is 15.6 Å². The fraction of sp³-hybridized carbons (Fsp3) is 0.214. The van der Waals surface area contributed by atoms with E-state index in [1.165, 1.54) is 13.2 Å². The van der Waals surface area contributed by atoms with E-state index >= 15 is 0 Å². The molecule has 1 aliphatic rings. The second-order valence-electron chi connectivity index (χ2n) is 4.80. The van der Waals surface area contributed by atoms with Crippen LogP contribution in [0.2, 0.25) is 0 Å². The molecule has 1 atom stereocenters. The maximum Gasteiger partial charge on any atom is 0.333 e. The molecule has 8 heteroatoms. The lowest BCUT2D eigenvalue weighted by Crippen LogP contribution is -2.47. The molecule has 1 aliphatic carbocycles. The average molecular weight is 324 g/mol. The van der Waals surface area contributed by atoms with Crippen LogP contribution in [0.15, 0.2) is 53.0 Å². The van der Waals surface area contributed by atoms with Crippen LogP contribution in [0.5, 0.6) is 5.75 Å². The maximum absolute atomic E-state index is 11.7. The van der Waals surface area contributed by atoms with Crippen molar-refractivity contribution in [1.29, 1.82) is 0 Å². The highest BCUT2D eigenvalue weighted by atomic mass is 32.2. The van der Waals surface area contributed by atoms with Crippen LogP contribution in [0.4, 0.5) is 0 Å². The van der Waals surface area contributed by atoms with E-state index in [0.29, 0.717) is 5.75 Å². The predicted molar refractivity (Wildman–Crippen MR) is 79.9 cm³/mol. The van der Waals surface area contributed by atoms with Gasteiger partial charge in [0.1, 0.15) is 5.75 Å². The molecule has 0 amide bonds. The number of methoxy groups -OCH3 is 1. The van der Waals surface area contributed by atoms with Gasteiger partial charge >= 0.3 is 5.97 Å². The van der Waals surface area contributed by atoms with Crippen LogP contribution in [-0.2, 0) is 19.6 Å². The Bertz CT molecular complexity index is 740. The van der Waals surface area contributed by atoms with Crippen molar-refractivity contribution in [2.75, 3.05) is 7.11 Å². The molecule has 1 aromatic carbocycles. The first-order valence-electron chi connectivity index (χ1n) is 6.31. The number of para-hydroxylation sites is 1. The largest absolute Gasteiger partial charge is 0.469 e. The van der Waals surface area contributed by atoms with E-state index in [1.54, 1.807) is 30.3 Å². The van der Waals surface area contributed by atoms with Crippen molar-refractivity contribution in [3.05, 3.63) is 53.0 Å². The quantitative estimate of drug-likeness (QED) is 0.610. The summed E-state index contributed by atoms with van der Waals surface area (Å²) in [6.07, 6.45) is 2.27. The van der Waals surface area contributed by atoms with Gasteiger partial charge in [0.15, 0.2) is 5.72 Å². The van der Waals surface area contributed by atoms with E-state index in [1.807, 2.05) is 0 Å². The molecule has 0 heterocycles. The molecular formula is C14H16N2O5S. The van der Waals surface area contributed by atoms with Gasteiger partial charge in [-0.1, -0.05) is 18.2 Å². The fourth-order valence-electron chi connectivity index (χ4n) is 2.05. The van der Waals surface area contributed by atoms with Gasteiger partial charge in [-0.25, -0.2) is 18.4 Å². The van der Waals surface area contributed by atoms with Gasteiger partial charge in [-0.2, -0.15) is 0 Å². The Labute approximate surface area is 128 Å². The first kappa shape index (κ1) is 16.2. The lowest BCUT2D eigenvalue weighted by molar-refractivity contribution is -0.136. The third-order valence-corrected chi connectivity index (χ3v) is 3.89. The molecule has 0 radical (unpaired) electrons. The van der Waals surface area contributed by atoms with Gasteiger partial charge in [-0.05, 0) is 24.3 Å². The summed E-state index contributed by atoms with van der Waals surface area (Å²) in [5.41, 5.74) is 4.63. The molecule has 118 valence electrons. The van der Waals surface area contributed by atoms with Crippen LogP contribution in [0, 0.1) is 0 Å². The minimum absolute atomic E-state index is 0.0480. The minimum atomic E-state index is -4.05. The Hall–Kier alpha value is -2.16. The number of hydrogen-bond donors (Lipinski definition) is 2. The van der Waals surface area contributed by atoms with Crippen molar-refractivity contribution in [2.45, 2.75) is 12.1 Å². The molecule has 0 saturated heterocycles. The van der Waals surface area contributed by atoms with Crippen molar-refractivity contribution in [1.82, 2.24) is 0 Å². The van der Waals surface area contributed by atoms with Gasteiger partial charge in [0, 0.05) is 12.0 Å². The smallest absolute Gasteiger partial charge is 0.333 e. The first-order valence-corrected chi connectivity index (χ1v) is 7.86. The number of allylic oxidation sites excluding steroid dienone is 1. The van der Waals surface area contributed by atoms with E-state index < -0.39 is 21.7 Å². The number of primary sulfonamides is 1. The van der Waals surface area contributed by atoms with E-state index in [0.717, 1.165) is 6.08 Å². The Morgan fingerprint density at radius 3 is 2.45 bits per heavy atom. The molecule has 0 bridgehead atoms. The van der Waals surface area contributed by atoms with Crippen molar-refractivity contribution in [3.8, 4) is 5.75 Å². The highest BCUT2D eigenvalue weighted by Crippen LogP contribution is 2.29. The SMILES string of the molecule is COC(=O)C1=CC(S(N)(=O)=O)=CC(N)(Oc2ccccc2)C1. The second-order valence-corrected chi connectivity index (χ2v) is 6.36. The van der Waals surface area contributed by atoms with Crippen LogP contribution >= 0.6 is 0 Å². The number of carbonyl (C=O) groups is 1. The van der Waals surface area contributed by atoms with Gasteiger partial charge in [0.2, 0.25) is 10.0 Å². The first-order chi connectivity index (χ1) is 10.2. The summed E-state index contributed by atoms with van der Waals surface area (Å²) in [5, 5.41) is 5.12. The van der Waals surface area contributed by atoms with Crippen LogP contribution in [-0.4, -0.2) is 27.2 Å². The summed E-state index contributed by atoms with van der Waals surface area (Å²) >= 11 is 0. The number of hydrogen-bond acceptors (Lipinski definition) is 6. The number of carbonyl (C=O) groups excluding carboxylic acids is 1. The minimum Gasteiger partial charge on any atom is -0.469 e. The van der Waals surface area contributed by atoms with Gasteiger partial charge < -0.3 is 9.47 Å². The molecular weight excluding hydrogens is 308 g/mol. The molecule has 0 aliphatic heterocycles. The highest BCUT2D eigenvalue weighted by Gasteiger charge is 2.35. The highest BCUT2D eigenvalue weighted by molar-refractivity contribution is 7.93. The third-order valence-electron chi connectivity index (χ3n) is 3.00. The molecule has 1 unspecified atom stereocenters. The zero-order valence-electron chi connectivity index (χ0n) is 11.9. The summed E-state index contributed by atoms with van der Waals surface area (Å²) in [5.74, 6) is -0.262. The van der Waals surface area contributed by atoms with Crippen LogP contribution in [0.25, 0.3) is 0 Å². The molecule has 1 aromatic rings. The van der Waals surface area contributed by atoms with Gasteiger partial charge in [0.05, 0.1) is 12.0 Å². The predicted octanol–water partition coefficient (Wildman–Crippen LogP) is 0.396. The van der Waals surface area contributed by atoms with E-state index in [9.17, 15) is 13.2 Å². The molecule has 2 rings (SSSR count). The van der Waals surface area contributed by atoms with Crippen molar-refractivity contribution >= 4 is 16.0 Å². The number of sulfonamides is 1. The second kappa shape index (κ2) is 5.91. The number of nitrogens with two attached hydrogens (primary N) is 2. The third kappa shape index (κ3) is 3.73. The molecule has 22 heavy (non-hydrogen) atoms. The normalized spacial score (nSPS) is 21.6. The van der Waals surface area contributed by atoms with Crippen LogP contribution in [0.3, 0.4) is 0 Å². The lowest BCUT2D eigenvalue weighted by Gasteiger charge is -2.31. The number of rotatable bonds is 4. The number of esters is 1. The van der Waals surface area contributed by atoms with Gasteiger partial charge in [-0.15, -0.1) is 0 Å². The van der Waals surface area contributed by atoms with E-state index in [-0.39, 0.29) is 16.9 Å². The average Bonchev–Trinajstić information content (AvgIpc) is 2.45. The Kier molecular flexibility index (Phi) is 4.36. The standard InChI is InChI=1S/C14H16N2O5S/c1-20-13(17)10-7-12(22(16,18)19)9-14(15,8-10)21-11-5-3-2-4-6-11/h2-7,9H,8,15H2,1H3,(H2,16,18,19). The zero-order valence-corrected chi connectivity index (χ0v) is 12.7. The lowest BCUT2D eigenvalue weighted by atomic mass is 9.97. The number of ether oxygens (including phenoxy) is 2. The summed E-state index contributed by atoms with van der Waals surface area (Å²) in [6, 6.07) is 8.60. The molecule has 0 spiro atoms. The van der Waals surface area contributed by atoms with Gasteiger partial charge in [-0.3, -0.25) is 5.73 Å². The molecule has 0 saturated carbocycles. The van der Waals surface area contributed by atoms with Crippen molar-refractivity contribution in [3.63, 3.8) is 0 Å². The monoisotopic (exact) mass is 324 g/mol. The topological polar surface area (TPSA) is 122 Å². The van der Waals surface area contributed by atoms with E-state index in [2.05, 4.69) is 4.74 Å². The summed E-state index contributed by atoms with van der Waals surface area (Å²) in [7, 11) is -2.86. The Balaban J connectivity index is 2.42. The van der Waals surface area contributed by atoms with Crippen molar-refractivity contribution in [2.24, 2.45) is 10.9 Å². The zero-order chi connectivity index (χ0) is 16.4. The summed E-state index contributed by atoms with van der Waals surface area (Å²) < 4.78 is 33.4. The molecule has 4 N–H and O–H groups in total. The van der Waals surface area contributed by atoms with Crippen LogP contribution in [0.1, 0.15) is 6.42 Å². The summed E-state index contributed by atoms with van der Waals surface area (Å²) in [4.78, 5) is 11.4. The Morgan fingerprint density at radius 2 is 1.91 bits per heavy atom. The Morgan fingerprint density at radius 1 is 1.27 bits per heavy atom. The number of benzene rings is 1. The fourth-order valence-corrected chi connectivity index (χ4v) is 2.72. The maximum atomic E-state index is 11.7. The molecule has 7 nitrogen and oxygen atoms in total.